The number of aromatic nitrogens is 1. The summed E-state index contributed by atoms with van der Waals surface area (Å²) in [4.78, 5) is 0. The zero-order valence-electron chi connectivity index (χ0n) is 10.4. The van der Waals surface area contributed by atoms with Crippen molar-refractivity contribution in [2.75, 3.05) is 0 Å². The lowest BCUT2D eigenvalue weighted by Crippen LogP contribution is -2.16. The Bertz CT molecular complexity index is 552. The van der Waals surface area contributed by atoms with Crippen molar-refractivity contribution in [2.45, 2.75) is 39.2 Å². The lowest BCUT2D eigenvalue weighted by molar-refractivity contribution is 0.0716. The van der Waals surface area contributed by atoms with Crippen LogP contribution in [0.4, 0.5) is 4.39 Å². The van der Waals surface area contributed by atoms with Crippen molar-refractivity contribution in [2.24, 2.45) is 0 Å². The lowest BCUT2D eigenvalue weighted by Gasteiger charge is -2.14. The Hall–Kier alpha value is -1.42. The molecule has 0 bridgehead atoms. The van der Waals surface area contributed by atoms with E-state index in [9.17, 15) is 9.50 Å². The summed E-state index contributed by atoms with van der Waals surface area (Å²) >= 11 is 0. The molecule has 0 aliphatic rings. The minimum Gasteiger partial charge on any atom is -0.384 e. The second kappa shape index (κ2) is 3.81. The van der Waals surface area contributed by atoms with Gasteiger partial charge in [0.1, 0.15) is 17.1 Å². The SMILES string of the molecule is CC(C)c1cc2c(C(C)(C)O)noc2cc1F. The molecular formula is C13H16FNO2. The van der Waals surface area contributed by atoms with Gasteiger partial charge in [-0.25, -0.2) is 4.39 Å². The van der Waals surface area contributed by atoms with E-state index >= 15 is 0 Å². The maximum absolute atomic E-state index is 13.7. The van der Waals surface area contributed by atoms with Gasteiger partial charge in [-0.05, 0) is 31.4 Å². The predicted octanol–water partition coefficient (Wildman–Crippen LogP) is 3.32. The number of hydrogen-bond donors (Lipinski definition) is 1. The fraction of sp³-hybridized carbons (Fsp3) is 0.462. The molecule has 0 saturated carbocycles. The van der Waals surface area contributed by atoms with Gasteiger partial charge < -0.3 is 9.63 Å². The number of aliphatic hydroxyl groups is 1. The molecule has 17 heavy (non-hydrogen) atoms. The van der Waals surface area contributed by atoms with E-state index in [-0.39, 0.29) is 11.7 Å². The Morgan fingerprint density at radius 3 is 2.53 bits per heavy atom. The van der Waals surface area contributed by atoms with E-state index in [0.717, 1.165) is 0 Å². The van der Waals surface area contributed by atoms with Crippen molar-refractivity contribution in [3.63, 3.8) is 0 Å². The first-order chi connectivity index (χ1) is 7.80. The Morgan fingerprint density at radius 1 is 1.35 bits per heavy atom. The number of benzene rings is 1. The van der Waals surface area contributed by atoms with Gasteiger partial charge in [-0.3, -0.25) is 0 Å². The van der Waals surface area contributed by atoms with Gasteiger partial charge >= 0.3 is 0 Å². The van der Waals surface area contributed by atoms with Gasteiger partial charge in [-0.15, -0.1) is 0 Å². The monoisotopic (exact) mass is 237 g/mol. The summed E-state index contributed by atoms with van der Waals surface area (Å²) in [5.41, 5.74) is 0.307. The first kappa shape index (κ1) is 12.0. The maximum Gasteiger partial charge on any atom is 0.170 e. The Kier molecular flexibility index (Phi) is 2.70. The molecular weight excluding hydrogens is 221 g/mol. The largest absolute Gasteiger partial charge is 0.384 e. The fourth-order valence-corrected chi connectivity index (χ4v) is 1.86. The van der Waals surface area contributed by atoms with Crippen LogP contribution in [0, 0.1) is 5.82 Å². The number of halogens is 1. The quantitative estimate of drug-likeness (QED) is 0.871. The van der Waals surface area contributed by atoms with Crippen molar-refractivity contribution < 1.29 is 14.0 Å². The number of fused-ring (bicyclic) bond motifs is 1. The standard InChI is InChI=1S/C13H16FNO2/c1-7(2)8-5-9-11(6-10(8)14)17-15-12(9)13(3,4)16/h5-7,16H,1-4H3. The van der Waals surface area contributed by atoms with E-state index in [0.29, 0.717) is 22.2 Å². The normalized spacial score (nSPS) is 12.6. The third kappa shape index (κ3) is 2.05. The van der Waals surface area contributed by atoms with Crippen LogP contribution in [-0.2, 0) is 5.60 Å². The van der Waals surface area contributed by atoms with Gasteiger partial charge in [0.2, 0.25) is 0 Å². The molecule has 1 aromatic heterocycles. The van der Waals surface area contributed by atoms with Gasteiger partial charge in [-0.2, -0.15) is 0 Å². The molecule has 0 radical (unpaired) electrons. The molecule has 4 heteroatoms. The molecule has 0 aliphatic carbocycles. The van der Waals surface area contributed by atoms with Gasteiger partial charge in [0.25, 0.3) is 0 Å². The van der Waals surface area contributed by atoms with E-state index < -0.39 is 5.60 Å². The van der Waals surface area contributed by atoms with E-state index in [2.05, 4.69) is 5.16 Å². The topological polar surface area (TPSA) is 46.3 Å². The van der Waals surface area contributed by atoms with Gasteiger partial charge in [0.15, 0.2) is 5.58 Å². The van der Waals surface area contributed by atoms with Gasteiger partial charge in [0, 0.05) is 11.5 Å². The predicted molar refractivity (Wildman–Crippen MR) is 63.3 cm³/mol. The molecule has 0 fully saturated rings. The average molecular weight is 237 g/mol. The van der Waals surface area contributed by atoms with Crippen molar-refractivity contribution in [3.8, 4) is 0 Å². The molecule has 0 amide bonds. The Balaban J connectivity index is 2.72. The molecule has 2 rings (SSSR count). The number of nitrogens with zero attached hydrogens (tertiary/aromatic N) is 1. The third-order valence-electron chi connectivity index (χ3n) is 2.79. The second-order valence-electron chi connectivity index (χ2n) is 5.11. The number of rotatable bonds is 2. The van der Waals surface area contributed by atoms with E-state index in [1.807, 2.05) is 13.8 Å². The summed E-state index contributed by atoms with van der Waals surface area (Å²) in [6.07, 6.45) is 0. The van der Waals surface area contributed by atoms with Crippen LogP contribution < -0.4 is 0 Å². The van der Waals surface area contributed by atoms with Crippen molar-refractivity contribution >= 4 is 11.0 Å². The summed E-state index contributed by atoms with van der Waals surface area (Å²) < 4.78 is 18.8. The molecule has 0 aliphatic heterocycles. The minimum atomic E-state index is -1.10. The van der Waals surface area contributed by atoms with E-state index in [1.54, 1.807) is 19.9 Å². The van der Waals surface area contributed by atoms with E-state index in [4.69, 9.17) is 4.52 Å². The lowest BCUT2D eigenvalue weighted by atomic mass is 9.96. The summed E-state index contributed by atoms with van der Waals surface area (Å²) in [7, 11) is 0. The Labute approximate surface area is 99.2 Å². The molecule has 1 heterocycles. The van der Waals surface area contributed by atoms with Crippen LogP contribution in [0.3, 0.4) is 0 Å². The highest BCUT2D eigenvalue weighted by molar-refractivity contribution is 5.81. The molecule has 3 nitrogen and oxygen atoms in total. The molecule has 0 unspecified atom stereocenters. The van der Waals surface area contributed by atoms with Crippen LogP contribution in [-0.4, -0.2) is 10.3 Å². The van der Waals surface area contributed by atoms with E-state index in [1.165, 1.54) is 6.07 Å². The molecule has 0 atom stereocenters. The molecule has 1 N–H and O–H groups in total. The zero-order valence-corrected chi connectivity index (χ0v) is 10.4. The van der Waals surface area contributed by atoms with Crippen LogP contribution in [0.1, 0.15) is 44.9 Å². The highest BCUT2D eigenvalue weighted by Gasteiger charge is 2.25. The highest BCUT2D eigenvalue weighted by atomic mass is 19.1. The summed E-state index contributed by atoms with van der Waals surface area (Å²) in [5, 5.41) is 14.4. The average Bonchev–Trinajstić information content (AvgIpc) is 2.57. The molecule has 92 valence electrons. The number of hydrogen-bond acceptors (Lipinski definition) is 3. The Morgan fingerprint density at radius 2 is 2.00 bits per heavy atom. The maximum atomic E-state index is 13.7. The zero-order chi connectivity index (χ0) is 12.8. The first-order valence-electron chi connectivity index (χ1n) is 5.62. The summed E-state index contributed by atoms with van der Waals surface area (Å²) in [6.45, 7) is 7.09. The molecule has 0 saturated heterocycles. The molecule has 0 spiro atoms. The molecule has 1 aromatic carbocycles. The van der Waals surface area contributed by atoms with Crippen LogP contribution in [0.5, 0.6) is 0 Å². The smallest absolute Gasteiger partial charge is 0.170 e. The molecule has 2 aromatic rings. The van der Waals surface area contributed by atoms with Crippen molar-refractivity contribution in [3.05, 3.63) is 29.2 Å². The van der Waals surface area contributed by atoms with Gasteiger partial charge in [0.05, 0.1) is 0 Å². The summed E-state index contributed by atoms with van der Waals surface area (Å²) in [6, 6.07) is 3.03. The third-order valence-corrected chi connectivity index (χ3v) is 2.79. The van der Waals surface area contributed by atoms with Crippen LogP contribution in [0.15, 0.2) is 16.7 Å². The fourth-order valence-electron chi connectivity index (χ4n) is 1.86. The van der Waals surface area contributed by atoms with Gasteiger partial charge in [-0.1, -0.05) is 19.0 Å². The van der Waals surface area contributed by atoms with Crippen LogP contribution in [0.2, 0.25) is 0 Å². The first-order valence-corrected chi connectivity index (χ1v) is 5.62. The minimum absolute atomic E-state index is 0.0731. The van der Waals surface area contributed by atoms with Crippen molar-refractivity contribution in [1.82, 2.24) is 5.16 Å². The summed E-state index contributed by atoms with van der Waals surface area (Å²) in [5.74, 6) is -0.227. The van der Waals surface area contributed by atoms with Crippen molar-refractivity contribution in [1.29, 1.82) is 0 Å². The highest BCUT2D eigenvalue weighted by Crippen LogP contribution is 2.31. The second-order valence-corrected chi connectivity index (χ2v) is 5.11. The van der Waals surface area contributed by atoms with Crippen LogP contribution >= 0.6 is 0 Å². The van der Waals surface area contributed by atoms with Crippen LogP contribution in [0.25, 0.3) is 11.0 Å².